The highest BCUT2D eigenvalue weighted by atomic mass is 35.5. The second-order valence-corrected chi connectivity index (χ2v) is 4.07. The normalized spacial score (nSPS) is 26.9. The predicted octanol–water partition coefficient (Wildman–Crippen LogP) is 1.03. The first-order chi connectivity index (χ1) is 6.33. The molecule has 4 heteroatoms. The quantitative estimate of drug-likeness (QED) is 0.751. The fraction of sp³-hybridized carbons (Fsp3) is 0.900. The summed E-state index contributed by atoms with van der Waals surface area (Å²) >= 11 is 0. The summed E-state index contributed by atoms with van der Waals surface area (Å²) in [6, 6.07) is 0.446. The number of piperazine rings is 1. The lowest BCUT2D eigenvalue weighted by molar-refractivity contribution is -0.135. The molecule has 1 saturated heterocycles. The van der Waals surface area contributed by atoms with E-state index in [0.29, 0.717) is 17.9 Å². The van der Waals surface area contributed by atoms with Crippen molar-refractivity contribution >= 4 is 18.3 Å². The van der Waals surface area contributed by atoms with Crippen LogP contribution in [0.1, 0.15) is 26.2 Å². The van der Waals surface area contributed by atoms with E-state index in [1.54, 1.807) is 0 Å². The smallest absolute Gasteiger partial charge is 0.226 e. The second kappa shape index (κ2) is 4.99. The Labute approximate surface area is 91.6 Å². The number of carbonyl (C=O) groups is 1. The Balaban J connectivity index is 0.000000980. The molecule has 0 bridgehead atoms. The number of carbonyl (C=O) groups excluding carboxylic acids is 1. The summed E-state index contributed by atoms with van der Waals surface area (Å²) in [7, 11) is 0. The Morgan fingerprint density at radius 1 is 1.50 bits per heavy atom. The summed E-state index contributed by atoms with van der Waals surface area (Å²) in [6.45, 7) is 5.02. The van der Waals surface area contributed by atoms with Gasteiger partial charge in [0.05, 0.1) is 0 Å². The Bertz CT molecular complexity index is 206. The van der Waals surface area contributed by atoms with Crippen LogP contribution in [-0.2, 0) is 4.79 Å². The van der Waals surface area contributed by atoms with Crippen LogP contribution in [-0.4, -0.2) is 36.5 Å². The molecule has 0 spiro atoms. The maximum Gasteiger partial charge on any atom is 0.226 e. The first-order valence-corrected chi connectivity index (χ1v) is 5.34. The molecular formula is C10H19ClN2O. The Kier molecular flexibility index (Phi) is 4.20. The summed E-state index contributed by atoms with van der Waals surface area (Å²) < 4.78 is 0. The van der Waals surface area contributed by atoms with Crippen molar-refractivity contribution < 1.29 is 4.79 Å². The van der Waals surface area contributed by atoms with Crippen LogP contribution >= 0.6 is 12.4 Å². The Morgan fingerprint density at radius 3 is 2.79 bits per heavy atom. The van der Waals surface area contributed by atoms with E-state index in [-0.39, 0.29) is 12.4 Å². The molecule has 3 nitrogen and oxygen atoms in total. The molecule has 1 heterocycles. The van der Waals surface area contributed by atoms with Gasteiger partial charge in [-0.05, 0) is 19.3 Å². The maximum absolute atomic E-state index is 11.8. The molecular weight excluding hydrogens is 200 g/mol. The van der Waals surface area contributed by atoms with Gasteiger partial charge < -0.3 is 10.2 Å². The summed E-state index contributed by atoms with van der Waals surface area (Å²) in [5.74, 6) is 0.792. The Morgan fingerprint density at radius 2 is 2.21 bits per heavy atom. The summed E-state index contributed by atoms with van der Waals surface area (Å²) in [4.78, 5) is 13.9. The molecule has 1 N–H and O–H groups in total. The van der Waals surface area contributed by atoms with E-state index in [1.165, 1.54) is 0 Å². The van der Waals surface area contributed by atoms with Gasteiger partial charge in [-0.3, -0.25) is 4.79 Å². The molecule has 0 aromatic rings. The fourth-order valence-electron chi connectivity index (χ4n) is 1.98. The van der Waals surface area contributed by atoms with Gasteiger partial charge in [-0.1, -0.05) is 6.92 Å². The van der Waals surface area contributed by atoms with E-state index < -0.39 is 0 Å². The number of hydrogen-bond donors (Lipinski definition) is 1. The van der Waals surface area contributed by atoms with Gasteiger partial charge in [0, 0.05) is 31.6 Å². The number of amides is 1. The minimum atomic E-state index is 0. The van der Waals surface area contributed by atoms with E-state index in [0.717, 1.165) is 38.9 Å². The summed E-state index contributed by atoms with van der Waals surface area (Å²) in [5, 5.41) is 3.34. The maximum atomic E-state index is 11.8. The van der Waals surface area contributed by atoms with Gasteiger partial charge in [0.2, 0.25) is 5.91 Å². The van der Waals surface area contributed by atoms with Gasteiger partial charge >= 0.3 is 0 Å². The molecule has 0 aromatic heterocycles. The molecule has 1 aliphatic heterocycles. The van der Waals surface area contributed by atoms with Crippen LogP contribution in [0, 0.1) is 5.92 Å². The molecule has 82 valence electrons. The number of nitrogens with one attached hydrogen (secondary N) is 1. The third-order valence-corrected chi connectivity index (χ3v) is 3.03. The van der Waals surface area contributed by atoms with Crippen molar-refractivity contribution in [3.8, 4) is 0 Å². The van der Waals surface area contributed by atoms with Crippen LogP contribution in [0.15, 0.2) is 0 Å². The molecule has 0 radical (unpaired) electrons. The van der Waals surface area contributed by atoms with Crippen molar-refractivity contribution in [1.29, 1.82) is 0 Å². The number of hydrogen-bond acceptors (Lipinski definition) is 2. The average molecular weight is 219 g/mol. The molecule has 1 atom stereocenters. The van der Waals surface area contributed by atoms with Crippen LogP contribution in [0.25, 0.3) is 0 Å². The molecule has 14 heavy (non-hydrogen) atoms. The number of rotatable bonds is 2. The van der Waals surface area contributed by atoms with Crippen molar-refractivity contribution in [3.05, 3.63) is 0 Å². The van der Waals surface area contributed by atoms with Gasteiger partial charge in [-0.15, -0.1) is 12.4 Å². The minimum Gasteiger partial charge on any atom is -0.337 e. The van der Waals surface area contributed by atoms with E-state index in [4.69, 9.17) is 0 Å². The first-order valence-electron chi connectivity index (χ1n) is 5.34. The lowest BCUT2D eigenvalue weighted by Crippen LogP contribution is -2.53. The van der Waals surface area contributed by atoms with Crippen LogP contribution in [0.2, 0.25) is 0 Å². The first kappa shape index (κ1) is 11.8. The Hall–Kier alpha value is -0.280. The number of halogens is 1. The summed E-state index contributed by atoms with van der Waals surface area (Å²) in [6.07, 6.45) is 3.32. The molecule has 0 aromatic carbocycles. The zero-order valence-electron chi connectivity index (χ0n) is 8.66. The SMILES string of the molecule is CCC1CNCCN1C(=O)C1CC1.Cl. The summed E-state index contributed by atoms with van der Waals surface area (Å²) in [5.41, 5.74) is 0. The average Bonchev–Trinajstić information content (AvgIpc) is 3.00. The van der Waals surface area contributed by atoms with Crippen molar-refractivity contribution in [2.75, 3.05) is 19.6 Å². The third kappa shape index (κ3) is 2.39. The van der Waals surface area contributed by atoms with E-state index >= 15 is 0 Å². The minimum absolute atomic E-state index is 0. The topological polar surface area (TPSA) is 32.3 Å². The van der Waals surface area contributed by atoms with Crippen molar-refractivity contribution in [3.63, 3.8) is 0 Å². The fourth-order valence-corrected chi connectivity index (χ4v) is 1.98. The molecule has 1 aliphatic carbocycles. The monoisotopic (exact) mass is 218 g/mol. The van der Waals surface area contributed by atoms with Gasteiger partial charge in [0.1, 0.15) is 0 Å². The molecule has 1 amide bonds. The van der Waals surface area contributed by atoms with Crippen LogP contribution < -0.4 is 5.32 Å². The molecule has 1 unspecified atom stereocenters. The highest BCUT2D eigenvalue weighted by molar-refractivity contribution is 5.85. The third-order valence-electron chi connectivity index (χ3n) is 3.03. The van der Waals surface area contributed by atoms with E-state index in [1.807, 2.05) is 0 Å². The zero-order valence-corrected chi connectivity index (χ0v) is 9.48. The van der Waals surface area contributed by atoms with Gasteiger partial charge in [-0.25, -0.2) is 0 Å². The lowest BCUT2D eigenvalue weighted by Gasteiger charge is -2.35. The molecule has 2 rings (SSSR count). The lowest BCUT2D eigenvalue weighted by atomic mass is 10.1. The van der Waals surface area contributed by atoms with E-state index in [9.17, 15) is 4.79 Å². The highest BCUT2D eigenvalue weighted by Gasteiger charge is 2.36. The van der Waals surface area contributed by atoms with Crippen molar-refractivity contribution in [1.82, 2.24) is 10.2 Å². The zero-order chi connectivity index (χ0) is 9.26. The predicted molar refractivity (Wildman–Crippen MR) is 58.6 cm³/mol. The highest BCUT2D eigenvalue weighted by Crippen LogP contribution is 2.32. The van der Waals surface area contributed by atoms with Crippen molar-refractivity contribution in [2.45, 2.75) is 32.2 Å². The van der Waals surface area contributed by atoms with E-state index in [2.05, 4.69) is 17.1 Å². The largest absolute Gasteiger partial charge is 0.337 e. The van der Waals surface area contributed by atoms with Crippen LogP contribution in [0.4, 0.5) is 0 Å². The van der Waals surface area contributed by atoms with Crippen LogP contribution in [0.3, 0.4) is 0 Å². The molecule has 2 aliphatic rings. The molecule has 2 fully saturated rings. The van der Waals surface area contributed by atoms with Gasteiger partial charge in [0.15, 0.2) is 0 Å². The molecule has 1 saturated carbocycles. The second-order valence-electron chi connectivity index (χ2n) is 4.07. The number of nitrogens with zero attached hydrogens (tertiary/aromatic N) is 1. The van der Waals surface area contributed by atoms with Gasteiger partial charge in [0.25, 0.3) is 0 Å². The van der Waals surface area contributed by atoms with Gasteiger partial charge in [-0.2, -0.15) is 0 Å². The van der Waals surface area contributed by atoms with Crippen molar-refractivity contribution in [2.24, 2.45) is 5.92 Å². The standard InChI is InChI=1S/C10H18N2O.ClH/c1-2-9-7-11-5-6-12(9)10(13)8-3-4-8;/h8-9,11H,2-7H2,1H3;1H. The van der Waals surface area contributed by atoms with Crippen LogP contribution in [0.5, 0.6) is 0 Å².